The molecular weight excluding hydrogens is 368 g/mol. The van der Waals surface area contributed by atoms with Gasteiger partial charge < -0.3 is 19.9 Å². The summed E-state index contributed by atoms with van der Waals surface area (Å²) in [5, 5.41) is 13.9. The van der Waals surface area contributed by atoms with Crippen molar-refractivity contribution in [3.05, 3.63) is 33.9 Å². The van der Waals surface area contributed by atoms with Crippen molar-refractivity contribution in [2.24, 2.45) is 0 Å². The lowest BCUT2D eigenvalue weighted by molar-refractivity contribution is -0.384. The molecule has 0 radical (unpaired) electrons. The first kappa shape index (κ1) is 22.9. The van der Waals surface area contributed by atoms with Crippen molar-refractivity contribution >= 4 is 29.2 Å². The Morgan fingerprint density at radius 3 is 2.29 bits per heavy atom. The van der Waals surface area contributed by atoms with Crippen LogP contribution in [0.1, 0.15) is 31.1 Å². The maximum atomic E-state index is 12.1. The first-order valence-corrected chi connectivity index (χ1v) is 8.49. The van der Waals surface area contributed by atoms with Crippen LogP contribution in [0.5, 0.6) is 0 Å². The maximum Gasteiger partial charge on any atom is 0.338 e. The van der Waals surface area contributed by atoms with E-state index in [0.29, 0.717) is 5.69 Å². The van der Waals surface area contributed by atoms with Gasteiger partial charge in [-0.3, -0.25) is 19.7 Å². The fourth-order valence-corrected chi connectivity index (χ4v) is 2.26. The molecule has 10 heteroatoms. The molecule has 0 aliphatic rings. The Balaban J connectivity index is 2.71. The van der Waals surface area contributed by atoms with Crippen LogP contribution in [-0.2, 0) is 14.3 Å². The minimum absolute atomic E-state index is 0.0433. The van der Waals surface area contributed by atoms with E-state index in [4.69, 9.17) is 4.74 Å². The molecule has 28 heavy (non-hydrogen) atoms. The van der Waals surface area contributed by atoms with Gasteiger partial charge in [0, 0.05) is 32.7 Å². The van der Waals surface area contributed by atoms with E-state index in [-0.39, 0.29) is 23.7 Å². The van der Waals surface area contributed by atoms with Crippen LogP contribution in [0.15, 0.2) is 18.2 Å². The maximum absolute atomic E-state index is 12.1. The molecule has 2 amide bonds. The first-order valence-electron chi connectivity index (χ1n) is 8.49. The Morgan fingerprint density at radius 2 is 1.79 bits per heavy atom. The smallest absolute Gasteiger partial charge is 0.338 e. The van der Waals surface area contributed by atoms with Crippen molar-refractivity contribution in [1.29, 1.82) is 0 Å². The number of nitro groups is 1. The summed E-state index contributed by atoms with van der Waals surface area (Å²) >= 11 is 0. The number of carbonyl (C=O) groups excluding carboxylic acids is 3. The fourth-order valence-electron chi connectivity index (χ4n) is 2.26. The third kappa shape index (κ3) is 6.86. The number of hydrogen-bond donors (Lipinski definition) is 1. The summed E-state index contributed by atoms with van der Waals surface area (Å²) in [4.78, 5) is 49.3. The Morgan fingerprint density at radius 1 is 1.18 bits per heavy atom. The second-order valence-corrected chi connectivity index (χ2v) is 7.48. The van der Waals surface area contributed by atoms with Crippen LogP contribution < -0.4 is 10.2 Å². The van der Waals surface area contributed by atoms with Crippen molar-refractivity contribution in [1.82, 2.24) is 10.2 Å². The zero-order valence-electron chi connectivity index (χ0n) is 16.9. The lowest BCUT2D eigenvalue weighted by atomic mass is 10.1. The van der Waals surface area contributed by atoms with Crippen molar-refractivity contribution in [3.63, 3.8) is 0 Å². The zero-order chi connectivity index (χ0) is 21.6. The van der Waals surface area contributed by atoms with Gasteiger partial charge in [0.1, 0.15) is 5.69 Å². The van der Waals surface area contributed by atoms with Crippen LogP contribution in [0.25, 0.3) is 0 Å². The molecule has 0 atom stereocenters. The van der Waals surface area contributed by atoms with Crippen molar-refractivity contribution in [3.8, 4) is 0 Å². The molecular formula is C18H26N4O6. The Labute approximate surface area is 163 Å². The molecule has 1 aromatic carbocycles. The first-order chi connectivity index (χ1) is 12.8. The third-order valence-corrected chi connectivity index (χ3v) is 3.54. The number of rotatable bonds is 7. The van der Waals surface area contributed by atoms with Gasteiger partial charge in [-0.05, 0) is 32.9 Å². The van der Waals surface area contributed by atoms with Gasteiger partial charge in [0.2, 0.25) is 5.91 Å². The monoisotopic (exact) mass is 394 g/mol. The normalized spacial score (nSPS) is 10.8. The third-order valence-electron chi connectivity index (χ3n) is 3.54. The SMILES string of the molecule is CN(CC(=O)NC(C)(C)C)C(=O)COC(=O)c1ccc(N(C)C)c([N+](=O)[O-])c1. The van der Waals surface area contributed by atoms with E-state index in [1.807, 2.05) is 20.8 Å². The van der Waals surface area contributed by atoms with Gasteiger partial charge in [-0.15, -0.1) is 0 Å². The lowest BCUT2D eigenvalue weighted by Gasteiger charge is -2.23. The van der Waals surface area contributed by atoms with E-state index in [1.54, 1.807) is 19.0 Å². The Kier molecular flexibility index (Phi) is 7.48. The molecule has 1 N–H and O–H groups in total. The van der Waals surface area contributed by atoms with Gasteiger partial charge in [0.15, 0.2) is 6.61 Å². The highest BCUT2D eigenvalue weighted by Crippen LogP contribution is 2.27. The topological polar surface area (TPSA) is 122 Å². The molecule has 10 nitrogen and oxygen atoms in total. The highest BCUT2D eigenvalue weighted by molar-refractivity contribution is 5.93. The number of amides is 2. The Bertz CT molecular complexity index is 770. The molecule has 0 bridgehead atoms. The molecule has 0 aliphatic heterocycles. The number of hydrogen-bond acceptors (Lipinski definition) is 7. The minimum atomic E-state index is -0.866. The van der Waals surface area contributed by atoms with E-state index >= 15 is 0 Å². The molecule has 1 aromatic rings. The summed E-state index contributed by atoms with van der Waals surface area (Å²) < 4.78 is 4.93. The van der Waals surface area contributed by atoms with Gasteiger partial charge in [0.25, 0.3) is 11.6 Å². The summed E-state index contributed by atoms with van der Waals surface area (Å²) in [6, 6.07) is 3.91. The molecule has 0 saturated heterocycles. The predicted octanol–water partition coefficient (Wildman–Crippen LogP) is 1.19. The number of ether oxygens (including phenoxy) is 1. The van der Waals surface area contributed by atoms with Crippen molar-refractivity contribution in [2.75, 3.05) is 39.2 Å². The molecule has 0 aromatic heterocycles. The molecule has 0 fully saturated rings. The number of esters is 1. The molecule has 0 spiro atoms. The van der Waals surface area contributed by atoms with Crippen LogP contribution in [0, 0.1) is 10.1 Å². The van der Waals surface area contributed by atoms with Gasteiger partial charge in [-0.2, -0.15) is 0 Å². The standard InChI is InChI=1S/C18H26N4O6/c1-18(2,3)19-15(23)10-21(6)16(24)11-28-17(25)12-7-8-13(20(4)5)14(9-12)22(26)27/h7-9H,10-11H2,1-6H3,(H,19,23). The predicted molar refractivity (Wildman–Crippen MR) is 103 cm³/mol. The van der Waals surface area contributed by atoms with E-state index < -0.39 is 28.9 Å². The van der Waals surface area contributed by atoms with E-state index in [9.17, 15) is 24.5 Å². The number of likely N-dealkylation sites (N-methyl/N-ethyl adjacent to an activating group) is 1. The van der Waals surface area contributed by atoms with Gasteiger partial charge in [0.05, 0.1) is 17.0 Å². The second kappa shape index (κ2) is 9.16. The number of anilines is 1. The average Bonchev–Trinajstić information content (AvgIpc) is 2.56. The molecule has 154 valence electrons. The molecule has 0 unspecified atom stereocenters. The lowest BCUT2D eigenvalue weighted by Crippen LogP contribution is -2.46. The van der Waals surface area contributed by atoms with Crippen LogP contribution >= 0.6 is 0 Å². The van der Waals surface area contributed by atoms with Gasteiger partial charge >= 0.3 is 5.97 Å². The molecule has 1 rings (SSSR count). The highest BCUT2D eigenvalue weighted by Gasteiger charge is 2.22. The summed E-state index contributed by atoms with van der Waals surface area (Å²) in [7, 11) is 4.70. The fraction of sp³-hybridized carbons (Fsp3) is 0.500. The average molecular weight is 394 g/mol. The van der Waals surface area contributed by atoms with E-state index in [2.05, 4.69) is 5.32 Å². The second-order valence-electron chi connectivity index (χ2n) is 7.48. The summed E-state index contributed by atoms with van der Waals surface area (Å²) in [6.07, 6.45) is 0. The molecule has 0 saturated carbocycles. The number of nitrogens with one attached hydrogen (secondary N) is 1. The van der Waals surface area contributed by atoms with Crippen LogP contribution in [0.2, 0.25) is 0 Å². The van der Waals surface area contributed by atoms with Crippen LogP contribution in [0.4, 0.5) is 11.4 Å². The Hall–Kier alpha value is -3.17. The number of carbonyl (C=O) groups is 3. The quantitative estimate of drug-likeness (QED) is 0.419. The number of nitro benzene ring substituents is 1. The van der Waals surface area contributed by atoms with E-state index in [1.165, 1.54) is 19.2 Å². The number of nitrogens with zero attached hydrogens (tertiary/aromatic N) is 3. The van der Waals surface area contributed by atoms with Crippen LogP contribution in [-0.4, -0.2) is 67.4 Å². The zero-order valence-corrected chi connectivity index (χ0v) is 16.9. The van der Waals surface area contributed by atoms with Crippen LogP contribution in [0.3, 0.4) is 0 Å². The highest BCUT2D eigenvalue weighted by atomic mass is 16.6. The molecule has 0 aliphatic carbocycles. The summed E-state index contributed by atoms with van der Waals surface area (Å²) in [5.74, 6) is -1.78. The summed E-state index contributed by atoms with van der Waals surface area (Å²) in [5.41, 5.74) is -0.386. The van der Waals surface area contributed by atoms with Gasteiger partial charge in [-0.25, -0.2) is 4.79 Å². The van der Waals surface area contributed by atoms with E-state index in [0.717, 1.165) is 11.0 Å². The summed E-state index contributed by atoms with van der Waals surface area (Å²) in [6.45, 7) is 4.68. The van der Waals surface area contributed by atoms with Crippen molar-refractivity contribution in [2.45, 2.75) is 26.3 Å². The number of benzene rings is 1. The largest absolute Gasteiger partial charge is 0.452 e. The van der Waals surface area contributed by atoms with Gasteiger partial charge in [-0.1, -0.05) is 0 Å². The minimum Gasteiger partial charge on any atom is -0.452 e. The van der Waals surface area contributed by atoms with Crippen molar-refractivity contribution < 1.29 is 24.0 Å². The molecule has 0 heterocycles.